The molecular formula is C20H19FN4O2. The third-order valence-electron chi connectivity index (χ3n) is 4.93. The summed E-state index contributed by atoms with van der Waals surface area (Å²) in [7, 11) is 0. The van der Waals surface area contributed by atoms with E-state index in [0.717, 1.165) is 18.4 Å². The topological polar surface area (TPSA) is 72.1 Å². The molecule has 1 aliphatic heterocycles. The van der Waals surface area contributed by atoms with Gasteiger partial charge >= 0.3 is 0 Å². The van der Waals surface area contributed by atoms with Crippen LogP contribution in [-0.4, -0.2) is 39.0 Å². The Kier molecular flexibility index (Phi) is 4.66. The highest BCUT2D eigenvalue weighted by Gasteiger charge is 2.28. The number of nitrogens with zero attached hydrogens (tertiary/aromatic N) is 4. The minimum atomic E-state index is -0.356. The standard InChI is InChI=1S/C20H19FN4O2/c1-13-2-3-16(12-17(13)21)20(26)25-10-6-15(7-11-25)19-23-18(24-27-19)14-4-8-22-9-5-14/h2-5,8-9,12,15H,6-7,10-11H2,1H3. The molecule has 138 valence electrons. The van der Waals surface area contributed by atoms with Crippen molar-refractivity contribution in [3.63, 3.8) is 0 Å². The van der Waals surface area contributed by atoms with Crippen LogP contribution in [0.25, 0.3) is 11.4 Å². The SMILES string of the molecule is Cc1ccc(C(=O)N2CCC(c3nc(-c4ccncc4)no3)CC2)cc1F. The summed E-state index contributed by atoms with van der Waals surface area (Å²) in [5, 5.41) is 4.05. The van der Waals surface area contributed by atoms with E-state index < -0.39 is 0 Å². The van der Waals surface area contributed by atoms with Crippen molar-refractivity contribution in [1.82, 2.24) is 20.0 Å². The predicted molar refractivity (Wildman–Crippen MR) is 96.5 cm³/mol. The maximum Gasteiger partial charge on any atom is 0.253 e. The minimum absolute atomic E-state index is 0.117. The number of aromatic nitrogens is 3. The van der Waals surface area contributed by atoms with E-state index in [4.69, 9.17) is 4.52 Å². The number of carbonyl (C=O) groups excluding carboxylic acids is 1. The van der Waals surface area contributed by atoms with Crippen LogP contribution in [0.2, 0.25) is 0 Å². The van der Waals surface area contributed by atoms with Gasteiger partial charge in [0.15, 0.2) is 0 Å². The smallest absolute Gasteiger partial charge is 0.253 e. The van der Waals surface area contributed by atoms with Crippen LogP contribution < -0.4 is 0 Å². The zero-order valence-corrected chi connectivity index (χ0v) is 14.9. The number of rotatable bonds is 3. The van der Waals surface area contributed by atoms with E-state index in [9.17, 15) is 9.18 Å². The van der Waals surface area contributed by atoms with E-state index >= 15 is 0 Å². The van der Waals surface area contributed by atoms with Gasteiger partial charge in [0.25, 0.3) is 5.91 Å². The number of benzene rings is 1. The van der Waals surface area contributed by atoms with Crippen LogP contribution in [0, 0.1) is 12.7 Å². The lowest BCUT2D eigenvalue weighted by Gasteiger charge is -2.30. The van der Waals surface area contributed by atoms with Crippen molar-refractivity contribution in [3.8, 4) is 11.4 Å². The van der Waals surface area contributed by atoms with Crippen LogP contribution in [0.3, 0.4) is 0 Å². The molecule has 1 aliphatic rings. The summed E-state index contributed by atoms with van der Waals surface area (Å²) in [5.41, 5.74) is 1.77. The quantitative estimate of drug-likeness (QED) is 0.708. The van der Waals surface area contributed by atoms with Gasteiger partial charge in [0, 0.05) is 42.5 Å². The van der Waals surface area contributed by atoms with Gasteiger partial charge in [0.2, 0.25) is 11.7 Å². The van der Waals surface area contributed by atoms with Crippen molar-refractivity contribution >= 4 is 5.91 Å². The second kappa shape index (κ2) is 7.26. The van der Waals surface area contributed by atoms with Gasteiger partial charge in [-0.15, -0.1) is 0 Å². The molecule has 0 atom stereocenters. The largest absolute Gasteiger partial charge is 0.339 e. The fourth-order valence-corrected chi connectivity index (χ4v) is 3.26. The lowest BCUT2D eigenvalue weighted by atomic mass is 9.96. The number of pyridine rings is 1. The van der Waals surface area contributed by atoms with Crippen LogP contribution in [0.1, 0.15) is 40.6 Å². The molecule has 6 nitrogen and oxygen atoms in total. The Morgan fingerprint density at radius 3 is 2.63 bits per heavy atom. The molecule has 3 heterocycles. The number of aryl methyl sites for hydroxylation is 1. The molecule has 1 saturated heterocycles. The Hall–Kier alpha value is -3.09. The van der Waals surface area contributed by atoms with Crippen molar-refractivity contribution in [2.45, 2.75) is 25.7 Å². The van der Waals surface area contributed by atoms with Gasteiger partial charge in [0.1, 0.15) is 5.82 Å². The number of carbonyl (C=O) groups is 1. The lowest BCUT2D eigenvalue weighted by Crippen LogP contribution is -2.38. The van der Waals surface area contributed by atoms with Crippen molar-refractivity contribution in [1.29, 1.82) is 0 Å². The summed E-state index contributed by atoms with van der Waals surface area (Å²) in [4.78, 5) is 22.8. The number of amides is 1. The van der Waals surface area contributed by atoms with Gasteiger partial charge < -0.3 is 9.42 Å². The molecule has 1 amide bonds. The first kappa shape index (κ1) is 17.3. The Morgan fingerprint density at radius 2 is 1.93 bits per heavy atom. The molecule has 27 heavy (non-hydrogen) atoms. The van der Waals surface area contributed by atoms with Crippen molar-refractivity contribution in [2.24, 2.45) is 0 Å². The molecule has 0 radical (unpaired) electrons. The number of halogens is 1. The molecule has 1 aromatic carbocycles. The second-order valence-electron chi connectivity index (χ2n) is 6.72. The average molecular weight is 366 g/mol. The van der Waals surface area contributed by atoms with Gasteiger partial charge in [-0.1, -0.05) is 11.2 Å². The van der Waals surface area contributed by atoms with Crippen molar-refractivity contribution in [2.75, 3.05) is 13.1 Å². The predicted octanol–water partition coefficient (Wildman–Crippen LogP) is 3.60. The Bertz CT molecular complexity index is 950. The summed E-state index contributed by atoms with van der Waals surface area (Å²) in [6.07, 6.45) is 4.84. The van der Waals surface area contributed by atoms with Gasteiger partial charge in [-0.05, 0) is 49.6 Å². The molecule has 2 aromatic heterocycles. The molecule has 1 fully saturated rings. The summed E-state index contributed by atoms with van der Waals surface area (Å²) < 4.78 is 19.2. The molecule has 0 saturated carbocycles. The van der Waals surface area contributed by atoms with Crippen molar-refractivity contribution in [3.05, 3.63) is 65.6 Å². The third kappa shape index (κ3) is 3.58. The Labute approximate surface area is 156 Å². The monoisotopic (exact) mass is 366 g/mol. The zero-order chi connectivity index (χ0) is 18.8. The maximum absolute atomic E-state index is 13.7. The second-order valence-corrected chi connectivity index (χ2v) is 6.72. The number of likely N-dealkylation sites (tertiary alicyclic amines) is 1. The molecule has 4 rings (SSSR count). The average Bonchev–Trinajstić information content (AvgIpc) is 3.21. The van der Waals surface area contributed by atoms with E-state index in [2.05, 4.69) is 15.1 Å². The van der Waals surface area contributed by atoms with Gasteiger partial charge in [-0.3, -0.25) is 9.78 Å². The van der Waals surface area contributed by atoms with Gasteiger partial charge in [-0.25, -0.2) is 4.39 Å². The highest BCUT2D eigenvalue weighted by molar-refractivity contribution is 5.94. The first-order valence-corrected chi connectivity index (χ1v) is 8.91. The van der Waals surface area contributed by atoms with Crippen LogP contribution in [0.5, 0.6) is 0 Å². The third-order valence-corrected chi connectivity index (χ3v) is 4.93. The van der Waals surface area contributed by atoms with Gasteiger partial charge in [-0.2, -0.15) is 4.98 Å². The fraction of sp³-hybridized carbons (Fsp3) is 0.300. The first-order valence-electron chi connectivity index (χ1n) is 8.91. The zero-order valence-electron chi connectivity index (χ0n) is 14.9. The molecule has 3 aromatic rings. The molecule has 0 aliphatic carbocycles. The normalized spacial score (nSPS) is 15.1. The highest BCUT2D eigenvalue weighted by atomic mass is 19.1. The maximum atomic E-state index is 13.7. The van der Waals surface area contributed by atoms with Crippen LogP contribution in [0.4, 0.5) is 4.39 Å². The van der Waals surface area contributed by atoms with E-state index in [-0.39, 0.29) is 17.6 Å². The molecule has 0 unspecified atom stereocenters. The first-order chi connectivity index (χ1) is 13.1. The fourth-order valence-electron chi connectivity index (χ4n) is 3.26. The van der Waals surface area contributed by atoms with E-state index in [1.807, 2.05) is 12.1 Å². The highest BCUT2D eigenvalue weighted by Crippen LogP contribution is 2.29. The van der Waals surface area contributed by atoms with Crippen LogP contribution >= 0.6 is 0 Å². The van der Waals surface area contributed by atoms with Crippen LogP contribution in [0.15, 0.2) is 47.2 Å². The Morgan fingerprint density at radius 1 is 1.19 bits per heavy atom. The minimum Gasteiger partial charge on any atom is -0.339 e. The lowest BCUT2D eigenvalue weighted by molar-refractivity contribution is 0.0704. The number of piperidine rings is 1. The molecule has 0 spiro atoms. The summed E-state index contributed by atoms with van der Waals surface area (Å²) in [6, 6.07) is 8.27. The summed E-state index contributed by atoms with van der Waals surface area (Å²) >= 11 is 0. The summed E-state index contributed by atoms with van der Waals surface area (Å²) in [5.74, 6) is 0.754. The number of hydrogen-bond acceptors (Lipinski definition) is 5. The van der Waals surface area contributed by atoms with Gasteiger partial charge in [0.05, 0.1) is 0 Å². The summed E-state index contributed by atoms with van der Waals surface area (Å²) in [6.45, 7) is 2.83. The molecule has 0 N–H and O–H groups in total. The molecular weight excluding hydrogens is 347 g/mol. The number of hydrogen-bond donors (Lipinski definition) is 0. The molecule has 7 heteroatoms. The van der Waals surface area contributed by atoms with E-state index in [1.165, 1.54) is 6.07 Å². The molecule has 0 bridgehead atoms. The Balaban J connectivity index is 1.41. The van der Waals surface area contributed by atoms with E-state index in [0.29, 0.717) is 35.9 Å². The van der Waals surface area contributed by atoms with Crippen LogP contribution in [-0.2, 0) is 0 Å². The van der Waals surface area contributed by atoms with Crippen molar-refractivity contribution < 1.29 is 13.7 Å². The van der Waals surface area contributed by atoms with E-state index in [1.54, 1.807) is 36.4 Å².